The Morgan fingerprint density at radius 2 is 1.62 bits per heavy atom. The summed E-state index contributed by atoms with van der Waals surface area (Å²) in [5.41, 5.74) is 13.9. The van der Waals surface area contributed by atoms with Gasteiger partial charge in [0.15, 0.2) is 5.96 Å². The maximum Gasteiger partial charge on any atom is 0.326 e. The zero-order valence-electron chi connectivity index (χ0n) is 20.4. The highest BCUT2D eigenvalue weighted by atomic mass is 16.4. The Hall–Kier alpha value is -4.38. The van der Waals surface area contributed by atoms with E-state index in [4.69, 9.17) is 16.9 Å². The number of rotatable bonds is 13. The number of H-pyrrole nitrogens is 1. The third kappa shape index (κ3) is 8.07. The first kappa shape index (κ1) is 27.2. The van der Waals surface area contributed by atoms with Gasteiger partial charge in [-0.3, -0.25) is 15.0 Å². The van der Waals surface area contributed by atoms with Gasteiger partial charge in [0.05, 0.1) is 6.04 Å². The fourth-order valence-corrected chi connectivity index (χ4v) is 4.03. The third-order valence-corrected chi connectivity index (χ3v) is 5.97. The van der Waals surface area contributed by atoms with E-state index in [2.05, 4.69) is 20.9 Å². The summed E-state index contributed by atoms with van der Waals surface area (Å²) >= 11 is 0. The number of aliphatic carboxylic acids is 1. The summed E-state index contributed by atoms with van der Waals surface area (Å²) in [6.45, 7) is 0.308. The van der Waals surface area contributed by atoms with Crippen LogP contribution in [0.25, 0.3) is 10.9 Å². The number of aromatic amines is 1. The number of hydrogen-bond donors (Lipinski definition) is 8. The summed E-state index contributed by atoms with van der Waals surface area (Å²) in [6, 6.07) is 13.6. The van der Waals surface area contributed by atoms with Crippen LogP contribution in [0, 0.1) is 5.41 Å². The van der Waals surface area contributed by atoms with Crippen LogP contribution in [0.3, 0.4) is 0 Å². The second-order valence-corrected chi connectivity index (χ2v) is 8.80. The second-order valence-electron chi connectivity index (χ2n) is 8.80. The van der Waals surface area contributed by atoms with Gasteiger partial charge in [-0.25, -0.2) is 4.79 Å². The summed E-state index contributed by atoms with van der Waals surface area (Å²) in [5, 5.41) is 25.8. The number of benzene rings is 2. The fourth-order valence-electron chi connectivity index (χ4n) is 4.03. The molecule has 196 valence electrons. The molecule has 37 heavy (non-hydrogen) atoms. The molecule has 2 amide bonds. The number of carbonyl (C=O) groups excluding carboxylic acids is 2. The lowest BCUT2D eigenvalue weighted by atomic mass is 10.0. The molecular weight excluding hydrogens is 474 g/mol. The largest absolute Gasteiger partial charge is 0.480 e. The number of para-hydroxylation sites is 1. The second kappa shape index (κ2) is 13.1. The van der Waals surface area contributed by atoms with Crippen molar-refractivity contribution in [2.75, 3.05) is 6.54 Å². The van der Waals surface area contributed by atoms with Crippen molar-refractivity contribution >= 4 is 34.6 Å². The number of nitrogens with two attached hydrogens (primary N) is 2. The standard InChI is InChI=1S/C26H33N7O4/c27-19(13-16-7-2-1-3-8-16)23(34)32-21(11-6-12-30-26(28)29)24(35)33-22(25(36)37)14-17-15-31-20-10-5-4-9-18(17)20/h1-5,7-10,15,19,21-22,31H,6,11-14,27H2,(H,32,34)(H,33,35)(H,36,37)(H4,28,29,30)/t19-,21-,22-/m0/s1. The molecular formula is C26H33N7O4. The Morgan fingerprint density at radius 1 is 0.946 bits per heavy atom. The molecule has 0 aliphatic rings. The lowest BCUT2D eigenvalue weighted by Gasteiger charge is -2.23. The van der Waals surface area contributed by atoms with E-state index in [0.29, 0.717) is 13.0 Å². The van der Waals surface area contributed by atoms with Crippen LogP contribution in [0.15, 0.2) is 60.8 Å². The fraction of sp³-hybridized carbons (Fsp3) is 0.308. The molecule has 0 radical (unpaired) electrons. The molecule has 3 atom stereocenters. The van der Waals surface area contributed by atoms with Crippen molar-refractivity contribution in [3.8, 4) is 0 Å². The summed E-state index contributed by atoms with van der Waals surface area (Å²) < 4.78 is 0. The highest BCUT2D eigenvalue weighted by molar-refractivity contribution is 5.92. The van der Waals surface area contributed by atoms with Gasteiger partial charge < -0.3 is 37.5 Å². The number of carboxylic acid groups (broad SMARTS) is 1. The van der Waals surface area contributed by atoms with Crippen LogP contribution in [0.4, 0.5) is 0 Å². The molecule has 2 aromatic carbocycles. The third-order valence-electron chi connectivity index (χ3n) is 5.97. The number of carboxylic acids is 1. The van der Waals surface area contributed by atoms with Gasteiger partial charge in [-0.05, 0) is 36.5 Å². The molecule has 0 aliphatic carbocycles. The smallest absolute Gasteiger partial charge is 0.326 e. The molecule has 3 rings (SSSR count). The molecule has 3 aromatic rings. The van der Waals surface area contributed by atoms with Gasteiger partial charge >= 0.3 is 5.97 Å². The molecule has 11 nitrogen and oxygen atoms in total. The van der Waals surface area contributed by atoms with Crippen molar-refractivity contribution in [2.45, 2.75) is 43.8 Å². The number of fused-ring (bicyclic) bond motifs is 1. The molecule has 10 N–H and O–H groups in total. The molecule has 0 saturated carbocycles. The predicted molar refractivity (Wildman–Crippen MR) is 141 cm³/mol. The van der Waals surface area contributed by atoms with Crippen molar-refractivity contribution in [1.82, 2.24) is 20.9 Å². The number of carbonyl (C=O) groups is 3. The minimum atomic E-state index is -1.21. The zero-order valence-corrected chi connectivity index (χ0v) is 20.4. The van der Waals surface area contributed by atoms with Crippen LogP contribution >= 0.6 is 0 Å². The highest BCUT2D eigenvalue weighted by Crippen LogP contribution is 2.19. The van der Waals surface area contributed by atoms with Gasteiger partial charge in [-0.2, -0.15) is 0 Å². The minimum absolute atomic E-state index is 0.0607. The number of guanidine groups is 1. The normalized spacial score (nSPS) is 13.3. The van der Waals surface area contributed by atoms with Gasteiger partial charge in [-0.1, -0.05) is 48.5 Å². The van der Waals surface area contributed by atoms with E-state index < -0.39 is 35.9 Å². The van der Waals surface area contributed by atoms with E-state index in [0.717, 1.165) is 22.0 Å². The monoisotopic (exact) mass is 507 g/mol. The maximum atomic E-state index is 13.2. The first-order chi connectivity index (χ1) is 17.7. The Kier molecular flexibility index (Phi) is 9.61. The predicted octanol–water partition coefficient (Wildman–Crippen LogP) is 0.598. The first-order valence-electron chi connectivity index (χ1n) is 12.0. The van der Waals surface area contributed by atoms with Gasteiger partial charge in [0, 0.05) is 30.1 Å². The van der Waals surface area contributed by atoms with E-state index in [1.807, 2.05) is 54.6 Å². The van der Waals surface area contributed by atoms with Crippen molar-refractivity contribution in [3.63, 3.8) is 0 Å². The van der Waals surface area contributed by atoms with E-state index in [1.165, 1.54) is 0 Å². The molecule has 1 aromatic heterocycles. The van der Waals surface area contributed by atoms with Crippen LogP contribution in [0.1, 0.15) is 24.0 Å². The average Bonchev–Trinajstić information content (AvgIpc) is 3.28. The highest BCUT2D eigenvalue weighted by Gasteiger charge is 2.28. The number of hydrogen-bond acceptors (Lipinski definition) is 5. The van der Waals surface area contributed by atoms with E-state index in [1.54, 1.807) is 6.20 Å². The molecule has 0 spiro atoms. The molecule has 0 saturated heterocycles. The Labute approximate surface area is 214 Å². The molecule has 1 heterocycles. The van der Waals surface area contributed by atoms with Crippen LogP contribution in [-0.2, 0) is 27.2 Å². The average molecular weight is 508 g/mol. The van der Waals surface area contributed by atoms with Gasteiger partial charge in [0.25, 0.3) is 0 Å². The Morgan fingerprint density at radius 3 is 2.32 bits per heavy atom. The molecule has 0 bridgehead atoms. The van der Waals surface area contributed by atoms with Crippen LogP contribution in [0.5, 0.6) is 0 Å². The maximum absolute atomic E-state index is 13.2. The molecule has 0 unspecified atom stereocenters. The van der Waals surface area contributed by atoms with Crippen molar-refractivity contribution in [3.05, 3.63) is 71.9 Å². The number of aromatic nitrogens is 1. The van der Waals surface area contributed by atoms with Crippen LogP contribution in [-0.4, -0.2) is 58.5 Å². The van der Waals surface area contributed by atoms with Gasteiger partial charge in [0.2, 0.25) is 11.8 Å². The summed E-state index contributed by atoms with van der Waals surface area (Å²) in [5.74, 6) is -2.55. The van der Waals surface area contributed by atoms with Crippen molar-refractivity contribution in [1.29, 1.82) is 5.41 Å². The van der Waals surface area contributed by atoms with Gasteiger partial charge in [0.1, 0.15) is 12.1 Å². The number of nitrogens with one attached hydrogen (secondary N) is 5. The quantitative estimate of drug-likeness (QED) is 0.0940. The summed E-state index contributed by atoms with van der Waals surface area (Å²) in [7, 11) is 0. The zero-order chi connectivity index (χ0) is 26.8. The first-order valence-corrected chi connectivity index (χ1v) is 12.0. The lowest BCUT2D eigenvalue weighted by molar-refractivity contribution is -0.142. The number of amides is 2. The molecule has 0 fully saturated rings. The minimum Gasteiger partial charge on any atom is -0.480 e. The Bertz CT molecular complexity index is 1230. The van der Waals surface area contributed by atoms with E-state index >= 15 is 0 Å². The SMILES string of the molecule is N=C(N)NCCC[C@H](NC(=O)[C@@H](N)Cc1ccccc1)C(=O)N[C@@H](Cc1c[nH]c2ccccc12)C(=O)O. The topological polar surface area (TPSA) is 199 Å². The summed E-state index contributed by atoms with van der Waals surface area (Å²) in [4.78, 5) is 41.1. The van der Waals surface area contributed by atoms with E-state index in [9.17, 15) is 19.5 Å². The molecule has 11 heteroatoms. The van der Waals surface area contributed by atoms with Crippen molar-refractivity contribution < 1.29 is 19.5 Å². The van der Waals surface area contributed by atoms with Crippen molar-refractivity contribution in [2.24, 2.45) is 11.5 Å². The summed E-state index contributed by atoms with van der Waals surface area (Å²) in [6.07, 6.45) is 2.65. The van der Waals surface area contributed by atoms with Crippen LogP contribution in [0.2, 0.25) is 0 Å². The van der Waals surface area contributed by atoms with E-state index in [-0.39, 0.29) is 25.2 Å². The molecule has 0 aliphatic heterocycles. The van der Waals surface area contributed by atoms with Crippen LogP contribution < -0.4 is 27.4 Å². The van der Waals surface area contributed by atoms with Gasteiger partial charge in [-0.15, -0.1) is 0 Å². The lowest BCUT2D eigenvalue weighted by Crippen LogP contribution is -2.55. The Balaban J connectivity index is 1.69.